The molecule has 1 aromatic carbocycles. The largest absolute Gasteiger partial charge is 0.376 e. The summed E-state index contributed by atoms with van der Waals surface area (Å²) in [5, 5.41) is 4.72. The highest BCUT2D eigenvalue weighted by Crippen LogP contribution is 2.35. The van der Waals surface area contributed by atoms with Gasteiger partial charge in [0.25, 0.3) is 0 Å². The fraction of sp³-hybridized carbons (Fsp3) is 0.381. The second kappa shape index (κ2) is 5.97. The first-order chi connectivity index (χ1) is 12.3. The van der Waals surface area contributed by atoms with Gasteiger partial charge < -0.3 is 15.0 Å². The molecule has 0 aliphatic carbocycles. The van der Waals surface area contributed by atoms with Crippen LogP contribution in [0, 0.1) is 6.92 Å². The normalized spacial score (nSPS) is 20.1. The minimum atomic E-state index is 0.598. The molecule has 4 nitrogen and oxygen atoms in total. The van der Waals surface area contributed by atoms with Crippen molar-refractivity contribution in [3.63, 3.8) is 0 Å². The highest BCUT2D eigenvalue weighted by molar-refractivity contribution is 5.84. The van der Waals surface area contributed by atoms with Crippen molar-refractivity contribution in [1.82, 2.24) is 15.3 Å². The number of rotatable bonds is 2. The maximum atomic E-state index is 5.77. The van der Waals surface area contributed by atoms with E-state index in [0.717, 1.165) is 38.4 Å². The van der Waals surface area contributed by atoms with Gasteiger partial charge in [-0.05, 0) is 66.1 Å². The first-order valence-corrected chi connectivity index (χ1v) is 9.18. The topological polar surface area (TPSA) is 49.9 Å². The molecule has 4 heteroatoms. The van der Waals surface area contributed by atoms with Crippen LogP contribution in [-0.4, -0.2) is 29.7 Å². The Labute approximate surface area is 147 Å². The summed E-state index contributed by atoms with van der Waals surface area (Å²) in [6, 6.07) is 7.01. The summed E-state index contributed by atoms with van der Waals surface area (Å²) in [6.45, 7) is 5.90. The molecule has 1 saturated heterocycles. The minimum absolute atomic E-state index is 0.598. The van der Waals surface area contributed by atoms with E-state index < -0.39 is 0 Å². The molecular formula is C21H23N3O. The van der Waals surface area contributed by atoms with Crippen molar-refractivity contribution in [2.75, 3.05) is 19.7 Å². The van der Waals surface area contributed by atoms with E-state index in [0.29, 0.717) is 5.92 Å². The molecule has 1 fully saturated rings. The molecule has 1 atom stereocenters. The quantitative estimate of drug-likeness (QED) is 0.752. The zero-order valence-corrected chi connectivity index (χ0v) is 14.6. The van der Waals surface area contributed by atoms with Gasteiger partial charge in [0.15, 0.2) is 0 Å². The number of hydrogen-bond donors (Lipinski definition) is 2. The van der Waals surface area contributed by atoms with E-state index in [2.05, 4.69) is 40.4 Å². The number of aromatic nitrogens is 2. The Morgan fingerprint density at radius 3 is 3.04 bits per heavy atom. The first-order valence-electron chi connectivity index (χ1n) is 9.18. The predicted molar refractivity (Wildman–Crippen MR) is 99.9 cm³/mol. The lowest BCUT2D eigenvalue weighted by Gasteiger charge is -2.24. The minimum Gasteiger partial charge on any atom is -0.376 e. The van der Waals surface area contributed by atoms with Gasteiger partial charge in [0.1, 0.15) is 5.65 Å². The number of aromatic amines is 1. The summed E-state index contributed by atoms with van der Waals surface area (Å²) in [5.41, 5.74) is 9.06. The Morgan fingerprint density at radius 1 is 1.20 bits per heavy atom. The van der Waals surface area contributed by atoms with E-state index >= 15 is 0 Å². The Hall–Kier alpha value is -2.17. The van der Waals surface area contributed by atoms with E-state index in [1.54, 1.807) is 0 Å². The Bertz CT molecular complexity index is 938. The average molecular weight is 333 g/mol. The smallest absolute Gasteiger partial charge is 0.137 e. The maximum absolute atomic E-state index is 5.77. The second-order valence-corrected chi connectivity index (χ2v) is 7.29. The van der Waals surface area contributed by atoms with Crippen LogP contribution in [0.5, 0.6) is 0 Å². The molecule has 0 spiro atoms. The van der Waals surface area contributed by atoms with Crippen molar-refractivity contribution in [3.05, 3.63) is 52.8 Å². The number of hydrogen-bond acceptors (Lipinski definition) is 3. The van der Waals surface area contributed by atoms with E-state index in [1.807, 2.05) is 12.4 Å². The van der Waals surface area contributed by atoms with Gasteiger partial charge in [-0.1, -0.05) is 12.1 Å². The van der Waals surface area contributed by atoms with Crippen LogP contribution < -0.4 is 5.32 Å². The summed E-state index contributed by atoms with van der Waals surface area (Å²) in [6.07, 6.45) is 6.25. The summed E-state index contributed by atoms with van der Waals surface area (Å²) >= 11 is 0. The van der Waals surface area contributed by atoms with E-state index in [9.17, 15) is 0 Å². The van der Waals surface area contributed by atoms with Crippen LogP contribution in [0.15, 0.2) is 30.6 Å². The molecule has 5 rings (SSSR count). The third-order valence-electron chi connectivity index (χ3n) is 5.71. The Balaban J connectivity index is 1.66. The van der Waals surface area contributed by atoms with Gasteiger partial charge in [-0.3, -0.25) is 0 Å². The van der Waals surface area contributed by atoms with Gasteiger partial charge in [0.05, 0.1) is 13.2 Å². The number of nitrogens with one attached hydrogen (secondary N) is 2. The van der Waals surface area contributed by atoms with Crippen LogP contribution >= 0.6 is 0 Å². The van der Waals surface area contributed by atoms with Crippen LogP contribution in [0.1, 0.15) is 34.6 Å². The number of H-pyrrole nitrogens is 1. The van der Waals surface area contributed by atoms with E-state index in [1.165, 1.54) is 45.2 Å². The third kappa shape index (κ3) is 2.57. The molecule has 2 aromatic heterocycles. The van der Waals surface area contributed by atoms with Crippen molar-refractivity contribution in [2.24, 2.45) is 0 Å². The molecule has 2 aliphatic rings. The lowest BCUT2D eigenvalue weighted by molar-refractivity contribution is 0.110. The SMILES string of the molecule is Cc1c[nH]c2ncc(-c3cc4c(c(C5CCNC5)c3)COCC4)cc12. The van der Waals surface area contributed by atoms with Crippen molar-refractivity contribution < 1.29 is 4.74 Å². The number of aryl methyl sites for hydroxylation is 1. The fourth-order valence-electron chi connectivity index (χ4n) is 4.26. The number of ether oxygens (including phenoxy) is 1. The highest BCUT2D eigenvalue weighted by atomic mass is 16.5. The molecule has 2 N–H and O–H groups in total. The number of nitrogens with zero attached hydrogens (tertiary/aromatic N) is 1. The van der Waals surface area contributed by atoms with Crippen LogP contribution in [0.4, 0.5) is 0 Å². The van der Waals surface area contributed by atoms with Crippen molar-refractivity contribution in [3.8, 4) is 11.1 Å². The summed E-state index contributed by atoms with van der Waals surface area (Å²) in [7, 11) is 0. The van der Waals surface area contributed by atoms with Gasteiger partial charge in [0.2, 0.25) is 0 Å². The first kappa shape index (κ1) is 15.1. The van der Waals surface area contributed by atoms with Crippen molar-refractivity contribution in [2.45, 2.75) is 32.3 Å². The maximum Gasteiger partial charge on any atom is 0.137 e. The number of benzene rings is 1. The zero-order chi connectivity index (χ0) is 16.8. The van der Waals surface area contributed by atoms with Crippen molar-refractivity contribution in [1.29, 1.82) is 0 Å². The summed E-state index contributed by atoms with van der Waals surface area (Å²) in [5.74, 6) is 0.598. The molecule has 0 bridgehead atoms. The molecule has 0 amide bonds. The molecule has 128 valence electrons. The molecule has 2 aliphatic heterocycles. The molecule has 3 aromatic rings. The summed E-state index contributed by atoms with van der Waals surface area (Å²) < 4.78 is 5.77. The van der Waals surface area contributed by atoms with Gasteiger partial charge in [0, 0.05) is 29.9 Å². The molecule has 25 heavy (non-hydrogen) atoms. The van der Waals surface area contributed by atoms with Crippen LogP contribution in [-0.2, 0) is 17.8 Å². The van der Waals surface area contributed by atoms with Gasteiger partial charge in [-0.15, -0.1) is 0 Å². The lowest BCUT2D eigenvalue weighted by Crippen LogP contribution is -2.16. The second-order valence-electron chi connectivity index (χ2n) is 7.29. The molecule has 0 radical (unpaired) electrons. The fourth-order valence-corrected chi connectivity index (χ4v) is 4.26. The van der Waals surface area contributed by atoms with Gasteiger partial charge in [-0.25, -0.2) is 4.98 Å². The van der Waals surface area contributed by atoms with E-state index in [-0.39, 0.29) is 0 Å². The molecule has 1 unspecified atom stereocenters. The van der Waals surface area contributed by atoms with Gasteiger partial charge >= 0.3 is 0 Å². The average Bonchev–Trinajstić information content (AvgIpc) is 3.31. The standard InChI is InChI=1S/C21H23N3O/c1-13-9-23-21-18(13)8-17(11-24-21)16-6-14-3-5-25-12-20(14)19(7-16)15-2-4-22-10-15/h6-9,11,15,22H,2-5,10,12H2,1H3,(H,23,24). The Morgan fingerprint density at radius 2 is 2.16 bits per heavy atom. The third-order valence-corrected chi connectivity index (χ3v) is 5.71. The predicted octanol–water partition coefficient (Wildman–Crippen LogP) is 3.69. The number of fused-ring (bicyclic) bond motifs is 2. The highest BCUT2D eigenvalue weighted by Gasteiger charge is 2.24. The number of pyridine rings is 1. The van der Waals surface area contributed by atoms with Crippen LogP contribution in [0.2, 0.25) is 0 Å². The summed E-state index contributed by atoms with van der Waals surface area (Å²) in [4.78, 5) is 7.86. The Kier molecular flexibility index (Phi) is 3.61. The van der Waals surface area contributed by atoms with Gasteiger partial charge in [-0.2, -0.15) is 0 Å². The zero-order valence-electron chi connectivity index (χ0n) is 14.6. The lowest BCUT2D eigenvalue weighted by atomic mass is 9.86. The monoisotopic (exact) mass is 333 g/mol. The van der Waals surface area contributed by atoms with Crippen LogP contribution in [0.3, 0.4) is 0 Å². The molecule has 0 saturated carbocycles. The van der Waals surface area contributed by atoms with Crippen LogP contribution in [0.25, 0.3) is 22.2 Å². The van der Waals surface area contributed by atoms with E-state index in [4.69, 9.17) is 4.74 Å². The molecular weight excluding hydrogens is 310 g/mol. The van der Waals surface area contributed by atoms with Crippen molar-refractivity contribution >= 4 is 11.0 Å². The molecule has 4 heterocycles.